The van der Waals surface area contributed by atoms with Crippen LogP contribution in [0.3, 0.4) is 0 Å². The van der Waals surface area contributed by atoms with Gasteiger partial charge in [-0.3, -0.25) is 4.79 Å². The highest BCUT2D eigenvalue weighted by molar-refractivity contribution is 7.12. The Balaban J connectivity index is 1.70. The van der Waals surface area contributed by atoms with E-state index in [0.717, 1.165) is 0 Å². The molecule has 2 aromatic heterocycles. The number of nitrogens with one attached hydrogen (secondary N) is 2. The molecular formula is C19H17N3O3S. The molecular weight excluding hydrogens is 350 g/mol. The van der Waals surface area contributed by atoms with E-state index >= 15 is 0 Å². The number of hydrogen-bond acceptors (Lipinski definition) is 6. The Kier molecular flexibility index (Phi) is 5.60. The van der Waals surface area contributed by atoms with Crippen LogP contribution in [0.15, 0.2) is 60.1 Å². The van der Waals surface area contributed by atoms with Gasteiger partial charge in [0, 0.05) is 0 Å². The molecule has 0 aliphatic rings. The van der Waals surface area contributed by atoms with Crippen molar-refractivity contribution in [1.82, 2.24) is 4.98 Å². The number of ether oxygens (including phenoxy) is 1. The van der Waals surface area contributed by atoms with Gasteiger partial charge in [-0.25, -0.2) is 9.78 Å². The lowest BCUT2D eigenvalue weighted by Crippen LogP contribution is -2.11. The molecule has 1 aromatic carbocycles. The summed E-state index contributed by atoms with van der Waals surface area (Å²) in [6, 6.07) is 14.1. The molecule has 0 saturated carbocycles. The van der Waals surface area contributed by atoms with Crippen molar-refractivity contribution in [2.24, 2.45) is 0 Å². The molecule has 0 radical (unpaired) electrons. The first kappa shape index (κ1) is 17.6. The van der Waals surface area contributed by atoms with Gasteiger partial charge in [-0.05, 0) is 42.6 Å². The number of thiophene rings is 1. The van der Waals surface area contributed by atoms with Gasteiger partial charge in [0.15, 0.2) is 0 Å². The van der Waals surface area contributed by atoms with Crippen LogP contribution in [-0.2, 0) is 4.74 Å². The summed E-state index contributed by atoms with van der Waals surface area (Å²) in [7, 11) is 0. The Bertz CT molecular complexity index is 893. The van der Waals surface area contributed by atoms with E-state index in [1.807, 2.05) is 17.5 Å². The predicted octanol–water partition coefficient (Wildman–Crippen LogP) is 4.32. The number of hydrogen-bond donors (Lipinski definition) is 2. The molecule has 0 unspecified atom stereocenters. The Morgan fingerprint density at radius 1 is 1.12 bits per heavy atom. The van der Waals surface area contributed by atoms with Crippen molar-refractivity contribution in [3.8, 4) is 0 Å². The average molecular weight is 367 g/mol. The molecule has 0 spiro atoms. The maximum Gasteiger partial charge on any atom is 0.340 e. The van der Waals surface area contributed by atoms with Gasteiger partial charge in [-0.1, -0.05) is 18.2 Å². The Labute approximate surface area is 154 Å². The summed E-state index contributed by atoms with van der Waals surface area (Å²) >= 11 is 1.37. The third-order valence-corrected chi connectivity index (χ3v) is 4.32. The van der Waals surface area contributed by atoms with Crippen LogP contribution in [0.25, 0.3) is 0 Å². The zero-order chi connectivity index (χ0) is 18.4. The molecule has 1 amide bonds. The highest BCUT2D eigenvalue weighted by atomic mass is 32.1. The summed E-state index contributed by atoms with van der Waals surface area (Å²) in [5.74, 6) is -0.128. The molecule has 2 N–H and O–H groups in total. The average Bonchev–Trinajstić information content (AvgIpc) is 3.19. The highest BCUT2D eigenvalue weighted by Crippen LogP contribution is 2.22. The lowest BCUT2D eigenvalue weighted by Gasteiger charge is -2.11. The summed E-state index contributed by atoms with van der Waals surface area (Å²) < 4.78 is 5.06. The van der Waals surface area contributed by atoms with Gasteiger partial charge in [-0.15, -0.1) is 11.3 Å². The normalized spacial score (nSPS) is 10.2. The van der Waals surface area contributed by atoms with Crippen molar-refractivity contribution in [3.63, 3.8) is 0 Å². The van der Waals surface area contributed by atoms with E-state index in [4.69, 9.17) is 4.74 Å². The van der Waals surface area contributed by atoms with Crippen LogP contribution in [0.5, 0.6) is 0 Å². The van der Waals surface area contributed by atoms with Crippen molar-refractivity contribution in [2.45, 2.75) is 6.92 Å². The largest absolute Gasteiger partial charge is 0.462 e. The molecule has 132 valence electrons. The molecule has 0 fully saturated rings. The van der Waals surface area contributed by atoms with E-state index in [0.29, 0.717) is 34.2 Å². The lowest BCUT2D eigenvalue weighted by atomic mass is 10.1. The fourth-order valence-corrected chi connectivity index (χ4v) is 2.88. The second-order valence-electron chi connectivity index (χ2n) is 5.25. The monoisotopic (exact) mass is 367 g/mol. The van der Waals surface area contributed by atoms with Crippen LogP contribution in [0.1, 0.15) is 27.0 Å². The number of esters is 1. The number of rotatable bonds is 6. The van der Waals surface area contributed by atoms with Crippen LogP contribution in [0, 0.1) is 0 Å². The molecule has 3 aromatic rings. The van der Waals surface area contributed by atoms with E-state index in [1.165, 1.54) is 11.3 Å². The van der Waals surface area contributed by atoms with Gasteiger partial charge in [0.05, 0.1) is 34.6 Å². The number of anilines is 3. The van der Waals surface area contributed by atoms with Gasteiger partial charge >= 0.3 is 5.97 Å². The number of amides is 1. The summed E-state index contributed by atoms with van der Waals surface area (Å²) in [5.41, 5.74) is 1.77. The first-order valence-corrected chi connectivity index (χ1v) is 8.89. The molecule has 0 aliphatic carbocycles. The number of pyridine rings is 1. The van der Waals surface area contributed by atoms with Gasteiger partial charge in [0.2, 0.25) is 0 Å². The van der Waals surface area contributed by atoms with Gasteiger partial charge in [0.1, 0.15) is 5.82 Å². The summed E-state index contributed by atoms with van der Waals surface area (Å²) in [6.45, 7) is 2.08. The third kappa shape index (κ3) is 4.25. The predicted molar refractivity (Wildman–Crippen MR) is 102 cm³/mol. The van der Waals surface area contributed by atoms with E-state index in [9.17, 15) is 9.59 Å². The molecule has 0 aliphatic heterocycles. The number of aromatic nitrogens is 1. The van der Waals surface area contributed by atoms with Crippen molar-refractivity contribution < 1.29 is 14.3 Å². The quantitative estimate of drug-likeness (QED) is 0.635. The van der Waals surface area contributed by atoms with Gasteiger partial charge in [-0.2, -0.15) is 0 Å². The molecule has 7 heteroatoms. The van der Waals surface area contributed by atoms with Crippen molar-refractivity contribution in [1.29, 1.82) is 0 Å². The number of para-hydroxylation sites is 1. The number of benzene rings is 1. The number of carbonyl (C=O) groups excluding carboxylic acids is 2. The fraction of sp³-hybridized carbons (Fsp3) is 0.105. The lowest BCUT2D eigenvalue weighted by molar-refractivity contribution is 0.0527. The van der Waals surface area contributed by atoms with Crippen LogP contribution >= 0.6 is 11.3 Å². The second-order valence-corrected chi connectivity index (χ2v) is 6.20. The Morgan fingerprint density at radius 2 is 1.96 bits per heavy atom. The van der Waals surface area contributed by atoms with Crippen LogP contribution in [-0.4, -0.2) is 23.5 Å². The standard InChI is InChI=1S/C19H17N3O3S/c1-2-25-19(24)14-6-3-4-7-15(14)21-13-9-10-17(20-12-13)22-18(23)16-8-5-11-26-16/h3-12,21H,2H2,1H3,(H,20,22,23). The van der Waals surface area contributed by atoms with Crippen molar-refractivity contribution >= 4 is 40.4 Å². The van der Waals surface area contributed by atoms with E-state index in [2.05, 4.69) is 15.6 Å². The second kappa shape index (κ2) is 8.26. The van der Waals surface area contributed by atoms with E-state index in [1.54, 1.807) is 49.5 Å². The molecule has 26 heavy (non-hydrogen) atoms. The molecule has 6 nitrogen and oxygen atoms in total. The maximum atomic E-state index is 12.0. The Hall–Kier alpha value is -3.19. The molecule has 0 atom stereocenters. The smallest absolute Gasteiger partial charge is 0.340 e. The third-order valence-electron chi connectivity index (χ3n) is 3.45. The minimum atomic E-state index is -0.386. The van der Waals surface area contributed by atoms with Crippen LogP contribution < -0.4 is 10.6 Å². The van der Waals surface area contributed by atoms with Crippen molar-refractivity contribution in [3.05, 3.63) is 70.5 Å². The van der Waals surface area contributed by atoms with E-state index < -0.39 is 0 Å². The molecule has 0 saturated heterocycles. The zero-order valence-corrected chi connectivity index (χ0v) is 14.9. The zero-order valence-electron chi connectivity index (χ0n) is 14.1. The Morgan fingerprint density at radius 3 is 2.65 bits per heavy atom. The first-order valence-electron chi connectivity index (χ1n) is 8.01. The van der Waals surface area contributed by atoms with E-state index in [-0.39, 0.29) is 11.9 Å². The number of nitrogens with zero attached hydrogens (tertiary/aromatic N) is 1. The summed E-state index contributed by atoms with van der Waals surface area (Å²) in [6.07, 6.45) is 1.59. The SMILES string of the molecule is CCOC(=O)c1ccccc1Nc1ccc(NC(=O)c2cccs2)nc1. The minimum absolute atomic E-state index is 0.194. The molecule has 0 bridgehead atoms. The topological polar surface area (TPSA) is 80.3 Å². The number of carbonyl (C=O) groups is 2. The maximum absolute atomic E-state index is 12.0. The van der Waals surface area contributed by atoms with Crippen LogP contribution in [0.4, 0.5) is 17.2 Å². The van der Waals surface area contributed by atoms with Gasteiger partial charge in [0.25, 0.3) is 5.91 Å². The first-order chi connectivity index (χ1) is 12.7. The highest BCUT2D eigenvalue weighted by Gasteiger charge is 2.12. The molecule has 3 rings (SSSR count). The molecule has 2 heterocycles. The summed E-state index contributed by atoms with van der Waals surface area (Å²) in [4.78, 5) is 28.9. The van der Waals surface area contributed by atoms with Crippen LogP contribution in [0.2, 0.25) is 0 Å². The van der Waals surface area contributed by atoms with Crippen molar-refractivity contribution in [2.75, 3.05) is 17.2 Å². The van der Waals surface area contributed by atoms with Gasteiger partial charge < -0.3 is 15.4 Å². The fourth-order valence-electron chi connectivity index (χ4n) is 2.26. The minimum Gasteiger partial charge on any atom is -0.462 e. The summed E-state index contributed by atoms with van der Waals surface area (Å²) in [5, 5.41) is 7.73.